The number of carbonyl (C=O) groups excluding carboxylic acids is 1. The van der Waals surface area contributed by atoms with Gasteiger partial charge < -0.3 is 0 Å². The van der Waals surface area contributed by atoms with E-state index in [0.29, 0.717) is 5.92 Å². The molecule has 0 saturated heterocycles. The molecule has 0 unspecified atom stereocenters. The van der Waals surface area contributed by atoms with Crippen LogP contribution in [0.2, 0.25) is 0 Å². The van der Waals surface area contributed by atoms with Gasteiger partial charge in [-0.25, -0.2) is 0 Å². The second kappa shape index (κ2) is 3.93. The monoisotopic (exact) mass is 258 g/mol. The van der Waals surface area contributed by atoms with Crippen molar-refractivity contribution in [3.05, 3.63) is 20.3 Å². The third kappa shape index (κ3) is 1.86. The summed E-state index contributed by atoms with van der Waals surface area (Å²) >= 11 is 5.16. The van der Waals surface area contributed by atoms with Crippen molar-refractivity contribution in [2.45, 2.75) is 31.6 Å². The lowest BCUT2D eigenvalue weighted by Crippen LogP contribution is -1.87. The van der Waals surface area contributed by atoms with Crippen LogP contribution >= 0.6 is 27.3 Å². The minimum atomic E-state index is 0.702. The van der Waals surface area contributed by atoms with Crippen LogP contribution in [0.4, 0.5) is 0 Å². The van der Waals surface area contributed by atoms with E-state index in [1.807, 2.05) is 6.07 Å². The van der Waals surface area contributed by atoms with Crippen LogP contribution in [-0.2, 0) is 0 Å². The second-order valence-electron chi connectivity index (χ2n) is 3.46. The Bertz CT molecular complexity index is 313. The minimum absolute atomic E-state index is 0.702. The van der Waals surface area contributed by atoms with Crippen LogP contribution < -0.4 is 0 Å². The van der Waals surface area contributed by atoms with E-state index >= 15 is 0 Å². The molecule has 1 heterocycles. The van der Waals surface area contributed by atoms with E-state index in [-0.39, 0.29) is 0 Å². The van der Waals surface area contributed by atoms with Crippen LogP contribution in [0.5, 0.6) is 0 Å². The average Bonchev–Trinajstić information content (AvgIpc) is 2.72. The Hall–Kier alpha value is -0.150. The van der Waals surface area contributed by atoms with Crippen molar-refractivity contribution in [3.63, 3.8) is 0 Å². The smallest absolute Gasteiger partial charge is 0.160 e. The van der Waals surface area contributed by atoms with E-state index in [1.165, 1.54) is 30.6 Å². The summed E-state index contributed by atoms with van der Waals surface area (Å²) in [6.07, 6.45) is 6.19. The maximum atomic E-state index is 10.6. The fourth-order valence-corrected chi connectivity index (χ4v) is 3.93. The highest BCUT2D eigenvalue weighted by molar-refractivity contribution is 9.10. The van der Waals surface area contributed by atoms with Gasteiger partial charge in [-0.05, 0) is 40.8 Å². The lowest BCUT2D eigenvalue weighted by molar-refractivity contribution is 0.112. The van der Waals surface area contributed by atoms with E-state index in [2.05, 4.69) is 15.9 Å². The molecular formula is C10H11BrOS. The quantitative estimate of drug-likeness (QED) is 0.734. The molecule has 1 aliphatic rings. The summed E-state index contributed by atoms with van der Waals surface area (Å²) in [5.41, 5.74) is 0. The Balaban J connectivity index is 2.27. The van der Waals surface area contributed by atoms with Gasteiger partial charge in [-0.2, -0.15) is 0 Å². The Morgan fingerprint density at radius 1 is 1.46 bits per heavy atom. The normalized spacial score (nSPS) is 17.9. The van der Waals surface area contributed by atoms with Gasteiger partial charge in [0.25, 0.3) is 0 Å². The standard InChI is InChI=1S/C10H11BrOS/c11-9-5-8(6-12)13-10(9)7-3-1-2-4-7/h5-7H,1-4H2. The summed E-state index contributed by atoms with van der Waals surface area (Å²) in [5, 5.41) is 0. The van der Waals surface area contributed by atoms with E-state index in [4.69, 9.17) is 0 Å². The van der Waals surface area contributed by atoms with Gasteiger partial charge in [-0.1, -0.05) is 12.8 Å². The number of rotatable bonds is 2. The molecule has 13 heavy (non-hydrogen) atoms. The van der Waals surface area contributed by atoms with E-state index < -0.39 is 0 Å². The highest BCUT2D eigenvalue weighted by atomic mass is 79.9. The zero-order valence-corrected chi connectivity index (χ0v) is 9.66. The minimum Gasteiger partial charge on any atom is -0.297 e. The fraction of sp³-hybridized carbons (Fsp3) is 0.500. The molecule has 0 aromatic carbocycles. The van der Waals surface area contributed by atoms with Crippen LogP contribution in [0, 0.1) is 0 Å². The molecule has 0 amide bonds. The summed E-state index contributed by atoms with van der Waals surface area (Å²) in [4.78, 5) is 12.8. The molecule has 0 radical (unpaired) electrons. The third-order valence-corrected chi connectivity index (χ3v) is 4.72. The third-order valence-electron chi connectivity index (χ3n) is 2.57. The summed E-state index contributed by atoms with van der Waals surface area (Å²) in [6.45, 7) is 0. The molecule has 1 aromatic heterocycles. The summed E-state index contributed by atoms with van der Waals surface area (Å²) < 4.78 is 1.13. The molecule has 0 N–H and O–H groups in total. The van der Waals surface area contributed by atoms with Crippen LogP contribution in [0.3, 0.4) is 0 Å². The number of carbonyl (C=O) groups is 1. The van der Waals surface area contributed by atoms with Crippen molar-refractivity contribution in [2.75, 3.05) is 0 Å². The van der Waals surface area contributed by atoms with Gasteiger partial charge in [0.1, 0.15) is 0 Å². The van der Waals surface area contributed by atoms with Gasteiger partial charge in [-0.3, -0.25) is 4.79 Å². The van der Waals surface area contributed by atoms with Crippen molar-refractivity contribution in [2.24, 2.45) is 0 Å². The summed E-state index contributed by atoms with van der Waals surface area (Å²) in [6, 6.07) is 1.94. The van der Waals surface area contributed by atoms with Crippen molar-refractivity contribution in [3.8, 4) is 0 Å². The van der Waals surface area contributed by atoms with Crippen LogP contribution in [0.15, 0.2) is 10.5 Å². The van der Waals surface area contributed by atoms with Crippen molar-refractivity contribution in [1.82, 2.24) is 0 Å². The SMILES string of the molecule is O=Cc1cc(Br)c(C2CCCC2)s1. The zero-order valence-electron chi connectivity index (χ0n) is 7.25. The molecule has 1 saturated carbocycles. The number of halogens is 1. The molecule has 0 bridgehead atoms. The summed E-state index contributed by atoms with van der Waals surface area (Å²) in [7, 11) is 0. The first kappa shape index (κ1) is 9.41. The van der Waals surface area contributed by atoms with Gasteiger partial charge in [0, 0.05) is 9.35 Å². The molecule has 1 aliphatic carbocycles. The molecule has 2 rings (SSSR count). The van der Waals surface area contributed by atoms with Crippen LogP contribution in [0.1, 0.15) is 46.2 Å². The van der Waals surface area contributed by atoms with E-state index in [9.17, 15) is 4.79 Å². The van der Waals surface area contributed by atoms with Crippen LogP contribution in [-0.4, -0.2) is 6.29 Å². The molecule has 1 nitrogen and oxygen atoms in total. The molecule has 0 atom stereocenters. The second-order valence-corrected chi connectivity index (χ2v) is 5.43. The number of hydrogen-bond acceptors (Lipinski definition) is 2. The highest BCUT2D eigenvalue weighted by Gasteiger charge is 2.21. The summed E-state index contributed by atoms with van der Waals surface area (Å²) in [5.74, 6) is 0.702. The Morgan fingerprint density at radius 3 is 2.69 bits per heavy atom. The maximum absolute atomic E-state index is 10.6. The molecule has 0 aliphatic heterocycles. The van der Waals surface area contributed by atoms with Crippen molar-refractivity contribution >= 4 is 33.6 Å². The number of hydrogen-bond donors (Lipinski definition) is 0. The number of aldehydes is 1. The predicted octanol–water partition coefficient (Wildman–Crippen LogP) is 3.98. The molecule has 0 spiro atoms. The maximum Gasteiger partial charge on any atom is 0.160 e. The first-order valence-corrected chi connectivity index (χ1v) is 6.16. The topological polar surface area (TPSA) is 17.1 Å². The molecule has 1 fully saturated rings. The Morgan fingerprint density at radius 2 is 2.15 bits per heavy atom. The first-order chi connectivity index (χ1) is 6.31. The molecule has 3 heteroatoms. The van der Waals surface area contributed by atoms with Gasteiger partial charge >= 0.3 is 0 Å². The molecule has 1 aromatic rings. The highest BCUT2D eigenvalue weighted by Crippen LogP contribution is 2.41. The van der Waals surface area contributed by atoms with Crippen molar-refractivity contribution in [1.29, 1.82) is 0 Å². The Labute approximate surface area is 90.3 Å². The fourth-order valence-electron chi connectivity index (χ4n) is 1.93. The zero-order chi connectivity index (χ0) is 9.26. The van der Waals surface area contributed by atoms with E-state index in [1.54, 1.807) is 11.3 Å². The van der Waals surface area contributed by atoms with Gasteiger partial charge in [-0.15, -0.1) is 11.3 Å². The largest absolute Gasteiger partial charge is 0.297 e. The molecular weight excluding hydrogens is 248 g/mol. The molecule has 70 valence electrons. The first-order valence-electron chi connectivity index (χ1n) is 4.55. The number of thiophene rings is 1. The van der Waals surface area contributed by atoms with Gasteiger partial charge in [0.15, 0.2) is 6.29 Å². The lowest BCUT2D eigenvalue weighted by Gasteiger charge is -2.05. The predicted molar refractivity (Wildman–Crippen MR) is 58.6 cm³/mol. The van der Waals surface area contributed by atoms with Gasteiger partial charge in [0.2, 0.25) is 0 Å². The van der Waals surface area contributed by atoms with Gasteiger partial charge in [0.05, 0.1) is 4.88 Å². The van der Waals surface area contributed by atoms with Crippen LogP contribution in [0.25, 0.3) is 0 Å². The Kier molecular flexibility index (Phi) is 2.84. The lowest BCUT2D eigenvalue weighted by atomic mass is 10.1. The average molecular weight is 259 g/mol. The van der Waals surface area contributed by atoms with Crippen molar-refractivity contribution < 1.29 is 4.79 Å². The van der Waals surface area contributed by atoms with E-state index in [0.717, 1.165) is 15.6 Å².